The normalized spacial score (nSPS) is 12.6. The molecule has 7 heteroatoms. The van der Waals surface area contributed by atoms with Gasteiger partial charge in [0.15, 0.2) is 0 Å². The van der Waals surface area contributed by atoms with E-state index in [4.69, 9.17) is 4.74 Å². The van der Waals surface area contributed by atoms with Crippen LogP contribution in [-0.4, -0.2) is 27.0 Å². The van der Waals surface area contributed by atoms with Crippen molar-refractivity contribution in [2.75, 3.05) is 6.61 Å². The van der Waals surface area contributed by atoms with Gasteiger partial charge in [-0.1, -0.05) is 12.1 Å². The highest BCUT2D eigenvalue weighted by Gasteiger charge is 2.17. The zero-order chi connectivity index (χ0) is 20.0. The van der Waals surface area contributed by atoms with Gasteiger partial charge < -0.3 is 10.1 Å². The van der Waals surface area contributed by atoms with Gasteiger partial charge in [0.1, 0.15) is 5.75 Å². The Morgan fingerprint density at radius 1 is 1.00 bits per heavy atom. The number of ether oxygens (including phenoxy) is 1. The molecule has 0 saturated heterocycles. The Morgan fingerprint density at radius 3 is 2.11 bits per heavy atom. The predicted molar refractivity (Wildman–Crippen MR) is 105 cm³/mol. The first-order valence-corrected chi connectivity index (χ1v) is 10.4. The zero-order valence-electron chi connectivity index (χ0n) is 16.0. The number of carbonyl (C=O) groups is 1. The summed E-state index contributed by atoms with van der Waals surface area (Å²) in [5, 5.41) is 2.91. The van der Waals surface area contributed by atoms with Crippen molar-refractivity contribution in [3.8, 4) is 5.75 Å². The smallest absolute Gasteiger partial charge is 0.251 e. The third-order valence-electron chi connectivity index (χ3n) is 3.86. The van der Waals surface area contributed by atoms with Crippen LogP contribution in [0, 0.1) is 0 Å². The predicted octanol–water partition coefficient (Wildman–Crippen LogP) is 3.26. The van der Waals surface area contributed by atoms with Gasteiger partial charge in [0.2, 0.25) is 10.0 Å². The van der Waals surface area contributed by atoms with Gasteiger partial charge in [0, 0.05) is 11.6 Å². The van der Waals surface area contributed by atoms with E-state index in [1.807, 2.05) is 38.1 Å². The number of sulfonamides is 1. The number of benzene rings is 2. The molecule has 2 aromatic rings. The molecule has 2 aromatic carbocycles. The second-order valence-electron chi connectivity index (χ2n) is 6.50. The van der Waals surface area contributed by atoms with Gasteiger partial charge in [-0.15, -0.1) is 0 Å². The van der Waals surface area contributed by atoms with Crippen LogP contribution >= 0.6 is 0 Å². The summed E-state index contributed by atoms with van der Waals surface area (Å²) < 4.78 is 32.2. The summed E-state index contributed by atoms with van der Waals surface area (Å²) in [6.45, 7) is 7.92. The third kappa shape index (κ3) is 5.80. The highest BCUT2D eigenvalue weighted by atomic mass is 32.2. The van der Waals surface area contributed by atoms with Crippen LogP contribution in [0.25, 0.3) is 0 Å². The minimum absolute atomic E-state index is 0.132. The third-order valence-corrected chi connectivity index (χ3v) is 5.53. The molecule has 0 aromatic heterocycles. The maximum absolute atomic E-state index is 12.4. The van der Waals surface area contributed by atoms with Crippen LogP contribution in [0.1, 0.15) is 49.7 Å². The van der Waals surface area contributed by atoms with Crippen molar-refractivity contribution < 1.29 is 17.9 Å². The van der Waals surface area contributed by atoms with E-state index >= 15 is 0 Å². The summed E-state index contributed by atoms with van der Waals surface area (Å²) in [6.07, 6.45) is 0. The molecule has 146 valence electrons. The maximum Gasteiger partial charge on any atom is 0.251 e. The van der Waals surface area contributed by atoms with Gasteiger partial charge in [-0.25, -0.2) is 13.1 Å². The Labute approximate surface area is 161 Å². The zero-order valence-corrected chi connectivity index (χ0v) is 16.8. The second kappa shape index (κ2) is 9.01. The molecule has 2 rings (SSSR count). The summed E-state index contributed by atoms with van der Waals surface area (Å²) in [7, 11) is -3.57. The monoisotopic (exact) mass is 390 g/mol. The van der Waals surface area contributed by atoms with E-state index in [0.29, 0.717) is 12.2 Å². The van der Waals surface area contributed by atoms with Crippen molar-refractivity contribution >= 4 is 15.9 Å². The molecule has 1 unspecified atom stereocenters. The van der Waals surface area contributed by atoms with Crippen LogP contribution in [0.2, 0.25) is 0 Å². The largest absolute Gasteiger partial charge is 0.494 e. The van der Waals surface area contributed by atoms with E-state index < -0.39 is 10.0 Å². The Balaban J connectivity index is 2.05. The van der Waals surface area contributed by atoms with Crippen molar-refractivity contribution in [1.82, 2.24) is 10.0 Å². The minimum Gasteiger partial charge on any atom is -0.494 e. The quantitative estimate of drug-likeness (QED) is 0.725. The summed E-state index contributed by atoms with van der Waals surface area (Å²) >= 11 is 0. The van der Waals surface area contributed by atoms with Crippen molar-refractivity contribution in [2.45, 2.75) is 44.7 Å². The first kappa shape index (κ1) is 20.9. The Morgan fingerprint density at radius 2 is 1.59 bits per heavy atom. The molecule has 6 nitrogen and oxygen atoms in total. The van der Waals surface area contributed by atoms with Crippen LogP contribution in [0.3, 0.4) is 0 Å². The second-order valence-corrected chi connectivity index (χ2v) is 8.21. The van der Waals surface area contributed by atoms with E-state index in [1.54, 1.807) is 13.8 Å². The van der Waals surface area contributed by atoms with E-state index in [2.05, 4.69) is 10.0 Å². The highest BCUT2D eigenvalue weighted by molar-refractivity contribution is 7.89. The lowest BCUT2D eigenvalue weighted by Crippen LogP contribution is -2.30. The van der Waals surface area contributed by atoms with Gasteiger partial charge in [-0.05, 0) is 69.7 Å². The standard InChI is InChI=1S/C20H26N2O4S/c1-5-26-18-10-6-16(7-11-18)15(4)21-20(23)17-8-12-19(13-9-17)27(24,25)22-14(2)3/h6-15,22H,5H2,1-4H3,(H,21,23). The average molecular weight is 391 g/mol. The number of carbonyl (C=O) groups excluding carboxylic acids is 1. The summed E-state index contributed by atoms with van der Waals surface area (Å²) in [5.74, 6) is 0.517. The molecule has 1 amide bonds. The fourth-order valence-corrected chi connectivity index (χ4v) is 3.80. The molecule has 0 aliphatic heterocycles. The molecular formula is C20H26N2O4S. The number of hydrogen-bond acceptors (Lipinski definition) is 4. The molecule has 0 fully saturated rings. The molecule has 0 aliphatic carbocycles. The SMILES string of the molecule is CCOc1ccc(C(C)NC(=O)c2ccc(S(=O)(=O)NC(C)C)cc2)cc1. The molecule has 0 radical (unpaired) electrons. The molecule has 0 spiro atoms. The molecule has 0 heterocycles. The molecule has 0 aliphatic rings. The first-order chi connectivity index (χ1) is 12.7. The van der Waals surface area contributed by atoms with Crippen molar-refractivity contribution in [3.63, 3.8) is 0 Å². The number of amides is 1. The van der Waals surface area contributed by atoms with Crippen molar-refractivity contribution in [1.29, 1.82) is 0 Å². The average Bonchev–Trinajstić information content (AvgIpc) is 2.61. The van der Waals surface area contributed by atoms with Gasteiger partial charge in [-0.3, -0.25) is 4.79 Å². The van der Waals surface area contributed by atoms with Crippen LogP contribution in [-0.2, 0) is 10.0 Å². The van der Waals surface area contributed by atoms with E-state index in [-0.39, 0.29) is 22.9 Å². The van der Waals surface area contributed by atoms with E-state index in [0.717, 1.165) is 11.3 Å². The number of nitrogens with one attached hydrogen (secondary N) is 2. The summed E-state index contributed by atoms with van der Waals surface area (Å²) in [5.41, 5.74) is 1.35. The lowest BCUT2D eigenvalue weighted by molar-refractivity contribution is 0.0940. The molecule has 1 atom stereocenters. The Hall–Kier alpha value is -2.38. The van der Waals surface area contributed by atoms with E-state index in [1.165, 1.54) is 24.3 Å². The molecule has 0 saturated carbocycles. The molecular weight excluding hydrogens is 364 g/mol. The molecule has 27 heavy (non-hydrogen) atoms. The lowest BCUT2D eigenvalue weighted by Gasteiger charge is -2.15. The lowest BCUT2D eigenvalue weighted by atomic mass is 10.1. The summed E-state index contributed by atoms with van der Waals surface area (Å²) in [6, 6.07) is 13.0. The van der Waals surface area contributed by atoms with Crippen LogP contribution in [0.5, 0.6) is 5.75 Å². The van der Waals surface area contributed by atoms with Crippen LogP contribution in [0.15, 0.2) is 53.4 Å². The Kier molecular flexibility index (Phi) is 6.98. The number of rotatable bonds is 8. The van der Waals surface area contributed by atoms with Gasteiger partial charge >= 0.3 is 0 Å². The maximum atomic E-state index is 12.4. The summed E-state index contributed by atoms with van der Waals surface area (Å²) in [4.78, 5) is 12.6. The minimum atomic E-state index is -3.57. The van der Waals surface area contributed by atoms with Gasteiger partial charge in [0.05, 0.1) is 17.5 Å². The van der Waals surface area contributed by atoms with Gasteiger partial charge in [-0.2, -0.15) is 0 Å². The molecule has 0 bridgehead atoms. The first-order valence-electron chi connectivity index (χ1n) is 8.89. The van der Waals surface area contributed by atoms with E-state index in [9.17, 15) is 13.2 Å². The van der Waals surface area contributed by atoms with Crippen LogP contribution < -0.4 is 14.8 Å². The van der Waals surface area contributed by atoms with Crippen molar-refractivity contribution in [2.24, 2.45) is 0 Å². The Bertz CT molecular complexity index is 860. The van der Waals surface area contributed by atoms with Crippen LogP contribution in [0.4, 0.5) is 0 Å². The topological polar surface area (TPSA) is 84.5 Å². The fraction of sp³-hybridized carbons (Fsp3) is 0.350. The van der Waals surface area contributed by atoms with Crippen molar-refractivity contribution in [3.05, 3.63) is 59.7 Å². The molecule has 2 N–H and O–H groups in total. The van der Waals surface area contributed by atoms with Gasteiger partial charge in [0.25, 0.3) is 5.91 Å². The highest BCUT2D eigenvalue weighted by Crippen LogP contribution is 2.18. The number of hydrogen-bond donors (Lipinski definition) is 2. The fourth-order valence-electron chi connectivity index (χ4n) is 2.55.